The second-order valence-corrected chi connectivity index (χ2v) is 3.29. The van der Waals surface area contributed by atoms with Crippen LogP contribution in [0.5, 0.6) is 5.75 Å². The predicted molar refractivity (Wildman–Crippen MR) is 54.9 cm³/mol. The highest BCUT2D eigenvalue weighted by molar-refractivity contribution is 5.33. The van der Waals surface area contributed by atoms with E-state index in [4.69, 9.17) is 10.00 Å². The largest absolute Gasteiger partial charge is 0.496 e. The predicted octanol–water partition coefficient (Wildman–Crippen LogP) is 1.79. The van der Waals surface area contributed by atoms with Crippen LogP contribution in [0.3, 0.4) is 0 Å². The normalized spacial score (nSPS) is 10.1. The van der Waals surface area contributed by atoms with Crippen LogP contribution in [0.1, 0.15) is 5.56 Å². The topological polar surface area (TPSA) is 36.3 Å². The van der Waals surface area contributed by atoms with Crippen molar-refractivity contribution in [2.45, 2.75) is 6.54 Å². The molecule has 0 radical (unpaired) electrons. The Morgan fingerprint density at radius 1 is 1.53 bits per heavy atom. The molecule has 0 heterocycles. The molecular formula is C11H13FN2O. The minimum Gasteiger partial charge on any atom is -0.496 e. The molecule has 1 rings (SSSR count). The van der Waals surface area contributed by atoms with Gasteiger partial charge in [0.2, 0.25) is 0 Å². The number of hydrogen-bond donors (Lipinski definition) is 0. The molecule has 0 unspecified atom stereocenters. The molecule has 0 aliphatic carbocycles. The van der Waals surface area contributed by atoms with Crippen molar-refractivity contribution in [1.82, 2.24) is 4.90 Å². The number of methoxy groups -OCH3 is 1. The Labute approximate surface area is 88.7 Å². The molecule has 15 heavy (non-hydrogen) atoms. The first-order valence-electron chi connectivity index (χ1n) is 4.55. The quantitative estimate of drug-likeness (QED) is 0.708. The first-order chi connectivity index (χ1) is 7.17. The molecule has 0 N–H and O–H groups in total. The van der Waals surface area contributed by atoms with Gasteiger partial charge in [0.1, 0.15) is 11.6 Å². The van der Waals surface area contributed by atoms with Crippen molar-refractivity contribution in [1.29, 1.82) is 5.26 Å². The zero-order chi connectivity index (χ0) is 11.3. The van der Waals surface area contributed by atoms with Crippen LogP contribution in [0.25, 0.3) is 0 Å². The Morgan fingerprint density at radius 3 is 2.87 bits per heavy atom. The molecule has 1 aromatic rings. The lowest BCUT2D eigenvalue weighted by atomic mass is 10.2. The number of ether oxygens (including phenoxy) is 1. The fourth-order valence-electron chi connectivity index (χ4n) is 1.34. The van der Waals surface area contributed by atoms with Crippen LogP contribution in [0, 0.1) is 17.1 Å². The van der Waals surface area contributed by atoms with Gasteiger partial charge in [-0.3, -0.25) is 4.90 Å². The molecule has 0 spiro atoms. The molecule has 0 atom stereocenters. The maximum absolute atomic E-state index is 13.0. The highest BCUT2D eigenvalue weighted by Crippen LogP contribution is 2.20. The minimum absolute atomic E-state index is 0.295. The van der Waals surface area contributed by atoms with Crippen molar-refractivity contribution in [3.05, 3.63) is 29.6 Å². The van der Waals surface area contributed by atoms with Gasteiger partial charge in [-0.2, -0.15) is 5.26 Å². The van der Waals surface area contributed by atoms with Crippen LogP contribution in [-0.2, 0) is 6.54 Å². The Balaban J connectivity index is 2.83. The highest BCUT2D eigenvalue weighted by atomic mass is 19.1. The lowest BCUT2D eigenvalue weighted by molar-refractivity contribution is 0.348. The van der Waals surface area contributed by atoms with Crippen LogP contribution in [-0.4, -0.2) is 25.6 Å². The lowest BCUT2D eigenvalue weighted by Gasteiger charge is -2.15. The molecule has 0 amide bonds. The Morgan fingerprint density at radius 2 is 2.27 bits per heavy atom. The maximum Gasteiger partial charge on any atom is 0.123 e. The third-order valence-electron chi connectivity index (χ3n) is 2.02. The molecule has 0 aliphatic rings. The molecule has 80 valence electrons. The van der Waals surface area contributed by atoms with Gasteiger partial charge in [0.25, 0.3) is 0 Å². The van der Waals surface area contributed by atoms with Crippen molar-refractivity contribution in [3.63, 3.8) is 0 Å². The maximum atomic E-state index is 13.0. The molecule has 0 aromatic heterocycles. The molecule has 0 aliphatic heterocycles. The van der Waals surface area contributed by atoms with E-state index >= 15 is 0 Å². The third kappa shape index (κ3) is 3.22. The van der Waals surface area contributed by atoms with Crippen LogP contribution < -0.4 is 4.74 Å². The zero-order valence-corrected chi connectivity index (χ0v) is 8.83. The van der Waals surface area contributed by atoms with Gasteiger partial charge < -0.3 is 4.74 Å². The van der Waals surface area contributed by atoms with E-state index in [1.54, 1.807) is 25.1 Å². The van der Waals surface area contributed by atoms with E-state index < -0.39 is 0 Å². The van der Waals surface area contributed by atoms with Crippen LogP contribution in [0.15, 0.2) is 18.2 Å². The molecule has 4 heteroatoms. The Kier molecular flexibility index (Phi) is 4.07. The summed E-state index contributed by atoms with van der Waals surface area (Å²) in [6.07, 6.45) is 0. The lowest BCUT2D eigenvalue weighted by Crippen LogP contribution is -2.18. The smallest absolute Gasteiger partial charge is 0.123 e. The third-order valence-corrected chi connectivity index (χ3v) is 2.02. The van der Waals surface area contributed by atoms with E-state index in [0.29, 0.717) is 18.8 Å². The standard InChI is InChI=1S/C11H13FN2O/c1-14(6-5-13)8-9-7-10(12)3-4-11(9)15-2/h3-4,7H,6,8H2,1-2H3. The molecule has 1 aromatic carbocycles. The van der Waals surface area contributed by atoms with Crippen LogP contribution in [0.4, 0.5) is 4.39 Å². The number of nitrogens with zero attached hydrogens (tertiary/aromatic N) is 2. The van der Waals surface area contributed by atoms with Gasteiger partial charge in [0, 0.05) is 12.1 Å². The number of halogens is 1. The summed E-state index contributed by atoms with van der Waals surface area (Å²) in [5.74, 6) is 0.345. The average Bonchev–Trinajstić information content (AvgIpc) is 2.18. The fraction of sp³-hybridized carbons (Fsp3) is 0.364. The molecule has 0 bridgehead atoms. The van der Waals surface area contributed by atoms with E-state index in [-0.39, 0.29) is 5.82 Å². The van der Waals surface area contributed by atoms with Crippen LogP contribution >= 0.6 is 0 Å². The van der Waals surface area contributed by atoms with Gasteiger partial charge in [-0.05, 0) is 25.2 Å². The highest BCUT2D eigenvalue weighted by Gasteiger charge is 2.07. The summed E-state index contributed by atoms with van der Waals surface area (Å²) in [7, 11) is 3.34. The summed E-state index contributed by atoms with van der Waals surface area (Å²) in [5.41, 5.74) is 0.746. The molecule has 0 saturated heterocycles. The molecule has 3 nitrogen and oxygen atoms in total. The first kappa shape index (κ1) is 11.5. The minimum atomic E-state index is -0.295. The van der Waals surface area contributed by atoms with E-state index in [9.17, 15) is 4.39 Å². The molecule has 0 fully saturated rings. The van der Waals surface area contributed by atoms with E-state index in [1.165, 1.54) is 12.1 Å². The SMILES string of the molecule is COc1ccc(F)cc1CN(C)CC#N. The van der Waals surface area contributed by atoms with Crippen molar-refractivity contribution in [2.75, 3.05) is 20.7 Å². The van der Waals surface area contributed by atoms with Gasteiger partial charge >= 0.3 is 0 Å². The van der Waals surface area contributed by atoms with E-state index in [1.807, 2.05) is 6.07 Å². The van der Waals surface area contributed by atoms with Crippen LogP contribution in [0.2, 0.25) is 0 Å². The second-order valence-electron chi connectivity index (χ2n) is 3.29. The Hall–Kier alpha value is -1.60. The van der Waals surface area contributed by atoms with Gasteiger partial charge in [-0.1, -0.05) is 0 Å². The fourth-order valence-corrected chi connectivity index (χ4v) is 1.34. The van der Waals surface area contributed by atoms with E-state index in [2.05, 4.69) is 0 Å². The second kappa shape index (κ2) is 5.32. The van der Waals surface area contributed by atoms with Gasteiger partial charge in [0.05, 0.1) is 19.7 Å². The average molecular weight is 208 g/mol. The van der Waals surface area contributed by atoms with Gasteiger partial charge in [-0.25, -0.2) is 4.39 Å². The Bertz CT molecular complexity index is 373. The summed E-state index contributed by atoms with van der Waals surface area (Å²) in [4.78, 5) is 1.79. The number of rotatable bonds is 4. The van der Waals surface area contributed by atoms with Crippen molar-refractivity contribution in [3.8, 4) is 11.8 Å². The summed E-state index contributed by atoms with van der Waals surface area (Å²) >= 11 is 0. The van der Waals surface area contributed by atoms with E-state index in [0.717, 1.165) is 5.56 Å². The summed E-state index contributed by atoms with van der Waals surface area (Å²) < 4.78 is 18.1. The summed E-state index contributed by atoms with van der Waals surface area (Å²) in [5, 5.41) is 8.50. The number of nitriles is 1. The zero-order valence-electron chi connectivity index (χ0n) is 8.83. The molecule has 0 saturated carbocycles. The first-order valence-corrected chi connectivity index (χ1v) is 4.55. The van der Waals surface area contributed by atoms with Gasteiger partial charge in [0.15, 0.2) is 0 Å². The van der Waals surface area contributed by atoms with Crippen molar-refractivity contribution in [2.24, 2.45) is 0 Å². The monoisotopic (exact) mass is 208 g/mol. The van der Waals surface area contributed by atoms with Crippen molar-refractivity contribution < 1.29 is 9.13 Å². The molecular weight excluding hydrogens is 195 g/mol. The number of hydrogen-bond acceptors (Lipinski definition) is 3. The summed E-state index contributed by atoms with van der Waals surface area (Å²) in [6.45, 7) is 0.800. The summed E-state index contributed by atoms with van der Waals surface area (Å²) in [6, 6.07) is 6.40. The number of benzene rings is 1. The van der Waals surface area contributed by atoms with Crippen molar-refractivity contribution >= 4 is 0 Å². The van der Waals surface area contributed by atoms with Gasteiger partial charge in [-0.15, -0.1) is 0 Å².